The standard InChI is InChI=1S/C9H13NO2/c11-10(12)4-3-9-6-7-1-2-8(9)5-7/h1-2,7-9H,3-6H2/t7-,8+,9-/m0/s1. The Morgan fingerprint density at radius 2 is 2.25 bits per heavy atom. The summed E-state index contributed by atoms with van der Waals surface area (Å²) in [5.41, 5.74) is 0. The molecule has 3 atom stereocenters. The largest absolute Gasteiger partial charge is 0.265 e. The lowest BCUT2D eigenvalue weighted by Gasteiger charge is -2.14. The Labute approximate surface area is 71.6 Å². The van der Waals surface area contributed by atoms with E-state index >= 15 is 0 Å². The number of hydrogen-bond donors (Lipinski definition) is 0. The SMILES string of the molecule is O=[N+]([O-])CC[C@H]1C[C@H]2C=C[C@@H]1C2. The van der Waals surface area contributed by atoms with Crippen molar-refractivity contribution in [2.45, 2.75) is 19.3 Å². The van der Waals surface area contributed by atoms with Gasteiger partial charge in [-0.2, -0.15) is 0 Å². The molecule has 66 valence electrons. The van der Waals surface area contributed by atoms with Gasteiger partial charge in [-0.25, -0.2) is 0 Å². The third-order valence-electron chi connectivity index (χ3n) is 3.10. The Morgan fingerprint density at radius 1 is 1.42 bits per heavy atom. The highest BCUT2D eigenvalue weighted by Crippen LogP contribution is 2.44. The molecule has 0 heterocycles. The molecule has 1 fully saturated rings. The van der Waals surface area contributed by atoms with Crippen LogP contribution >= 0.6 is 0 Å². The molecule has 0 aliphatic heterocycles. The van der Waals surface area contributed by atoms with E-state index in [1.807, 2.05) is 0 Å². The summed E-state index contributed by atoms with van der Waals surface area (Å²) in [7, 11) is 0. The normalized spacial score (nSPS) is 37.5. The minimum atomic E-state index is -0.199. The summed E-state index contributed by atoms with van der Waals surface area (Å²) in [5.74, 6) is 2.01. The average molecular weight is 167 g/mol. The molecule has 0 spiro atoms. The van der Waals surface area contributed by atoms with Crippen molar-refractivity contribution in [2.75, 3.05) is 6.54 Å². The van der Waals surface area contributed by atoms with Crippen molar-refractivity contribution in [3.05, 3.63) is 22.3 Å². The molecular formula is C9H13NO2. The predicted octanol–water partition coefficient (Wildman–Crippen LogP) is 1.87. The maximum absolute atomic E-state index is 10.1. The first-order chi connectivity index (χ1) is 5.75. The van der Waals surface area contributed by atoms with Crippen molar-refractivity contribution in [1.82, 2.24) is 0 Å². The molecule has 0 N–H and O–H groups in total. The summed E-state index contributed by atoms with van der Waals surface area (Å²) in [6.07, 6.45) is 7.74. The second-order valence-corrected chi connectivity index (χ2v) is 3.89. The van der Waals surface area contributed by atoms with E-state index in [0.717, 1.165) is 12.3 Å². The summed E-state index contributed by atoms with van der Waals surface area (Å²) in [5, 5.41) is 10.1. The van der Waals surface area contributed by atoms with Crippen LogP contribution in [0.3, 0.4) is 0 Å². The first-order valence-corrected chi connectivity index (χ1v) is 4.56. The second kappa shape index (κ2) is 2.88. The molecule has 2 aliphatic carbocycles. The van der Waals surface area contributed by atoms with E-state index in [2.05, 4.69) is 12.2 Å². The van der Waals surface area contributed by atoms with Gasteiger partial charge in [-0.15, -0.1) is 0 Å². The maximum Gasteiger partial charge on any atom is 0.204 e. The number of allylic oxidation sites excluding steroid dienone is 2. The second-order valence-electron chi connectivity index (χ2n) is 3.89. The van der Waals surface area contributed by atoms with Gasteiger partial charge < -0.3 is 0 Å². The first kappa shape index (κ1) is 7.77. The quantitative estimate of drug-likeness (QED) is 0.366. The van der Waals surface area contributed by atoms with Gasteiger partial charge in [0.2, 0.25) is 6.54 Å². The number of nitrogens with zero attached hydrogens (tertiary/aromatic N) is 1. The highest BCUT2D eigenvalue weighted by molar-refractivity contribution is 5.09. The highest BCUT2D eigenvalue weighted by atomic mass is 16.6. The highest BCUT2D eigenvalue weighted by Gasteiger charge is 2.35. The molecule has 0 unspecified atom stereocenters. The van der Waals surface area contributed by atoms with Crippen molar-refractivity contribution in [3.8, 4) is 0 Å². The van der Waals surface area contributed by atoms with Crippen molar-refractivity contribution >= 4 is 0 Å². The fourth-order valence-corrected chi connectivity index (χ4v) is 2.50. The molecule has 0 radical (unpaired) electrons. The molecule has 0 aromatic carbocycles. The van der Waals surface area contributed by atoms with Gasteiger partial charge in [0.05, 0.1) is 0 Å². The first-order valence-electron chi connectivity index (χ1n) is 4.56. The zero-order chi connectivity index (χ0) is 8.55. The van der Waals surface area contributed by atoms with E-state index in [1.54, 1.807) is 0 Å². The fraction of sp³-hybridized carbons (Fsp3) is 0.778. The Morgan fingerprint density at radius 3 is 2.75 bits per heavy atom. The third kappa shape index (κ3) is 1.36. The van der Waals surface area contributed by atoms with Gasteiger partial charge in [-0.3, -0.25) is 10.1 Å². The van der Waals surface area contributed by atoms with Gasteiger partial charge >= 0.3 is 0 Å². The summed E-state index contributed by atoms with van der Waals surface area (Å²) in [4.78, 5) is 9.95. The maximum atomic E-state index is 10.1. The summed E-state index contributed by atoms with van der Waals surface area (Å²) in [6.45, 7) is 0.154. The number of fused-ring (bicyclic) bond motifs is 2. The minimum Gasteiger partial charge on any atom is -0.265 e. The minimum absolute atomic E-state index is 0.154. The van der Waals surface area contributed by atoms with Crippen LogP contribution in [-0.4, -0.2) is 11.5 Å². The number of nitro groups is 1. The van der Waals surface area contributed by atoms with E-state index < -0.39 is 0 Å². The molecule has 12 heavy (non-hydrogen) atoms. The molecular weight excluding hydrogens is 154 g/mol. The van der Waals surface area contributed by atoms with Crippen LogP contribution in [0.25, 0.3) is 0 Å². The zero-order valence-corrected chi connectivity index (χ0v) is 6.98. The van der Waals surface area contributed by atoms with Crippen molar-refractivity contribution in [1.29, 1.82) is 0 Å². The molecule has 2 bridgehead atoms. The topological polar surface area (TPSA) is 43.1 Å². The zero-order valence-electron chi connectivity index (χ0n) is 6.98. The van der Waals surface area contributed by atoms with E-state index in [-0.39, 0.29) is 11.5 Å². The van der Waals surface area contributed by atoms with Gasteiger partial charge in [0.15, 0.2) is 0 Å². The van der Waals surface area contributed by atoms with E-state index in [1.165, 1.54) is 12.8 Å². The van der Waals surface area contributed by atoms with Gasteiger partial charge in [0, 0.05) is 11.3 Å². The van der Waals surface area contributed by atoms with Gasteiger partial charge in [0.1, 0.15) is 0 Å². The van der Waals surface area contributed by atoms with Crippen molar-refractivity contribution in [2.24, 2.45) is 17.8 Å². The number of hydrogen-bond acceptors (Lipinski definition) is 2. The lowest BCUT2D eigenvalue weighted by molar-refractivity contribution is -0.481. The van der Waals surface area contributed by atoms with Gasteiger partial charge in [-0.1, -0.05) is 12.2 Å². The molecule has 2 rings (SSSR count). The van der Waals surface area contributed by atoms with E-state index in [0.29, 0.717) is 11.8 Å². The van der Waals surface area contributed by atoms with E-state index in [9.17, 15) is 10.1 Å². The fourth-order valence-electron chi connectivity index (χ4n) is 2.50. The van der Waals surface area contributed by atoms with Crippen LogP contribution in [0.15, 0.2) is 12.2 Å². The van der Waals surface area contributed by atoms with Crippen LogP contribution < -0.4 is 0 Å². The molecule has 3 nitrogen and oxygen atoms in total. The average Bonchev–Trinajstić information content (AvgIpc) is 2.60. The lowest BCUT2D eigenvalue weighted by Crippen LogP contribution is -2.12. The molecule has 0 aromatic rings. The Bertz CT molecular complexity index is 225. The van der Waals surface area contributed by atoms with Crippen LogP contribution in [0.5, 0.6) is 0 Å². The lowest BCUT2D eigenvalue weighted by atomic mass is 9.91. The Balaban J connectivity index is 1.83. The van der Waals surface area contributed by atoms with Crippen molar-refractivity contribution < 1.29 is 4.92 Å². The summed E-state index contributed by atoms with van der Waals surface area (Å²) in [6, 6.07) is 0. The molecule has 0 saturated heterocycles. The summed E-state index contributed by atoms with van der Waals surface area (Å²) >= 11 is 0. The third-order valence-corrected chi connectivity index (χ3v) is 3.10. The van der Waals surface area contributed by atoms with Crippen LogP contribution in [0.1, 0.15) is 19.3 Å². The van der Waals surface area contributed by atoms with Gasteiger partial charge in [-0.05, 0) is 30.6 Å². The monoisotopic (exact) mass is 167 g/mol. The molecule has 2 aliphatic rings. The predicted molar refractivity (Wildman–Crippen MR) is 45.3 cm³/mol. The molecule has 1 saturated carbocycles. The van der Waals surface area contributed by atoms with E-state index in [4.69, 9.17) is 0 Å². The Kier molecular flexibility index (Phi) is 1.87. The molecule has 0 aromatic heterocycles. The summed E-state index contributed by atoms with van der Waals surface area (Å²) < 4.78 is 0. The molecule has 0 amide bonds. The van der Waals surface area contributed by atoms with Crippen LogP contribution in [0, 0.1) is 27.9 Å². The van der Waals surface area contributed by atoms with Crippen LogP contribution in [0.4, 0.5) is 0 Å². The Hall–Kier alpha value is -0.860. The van der Waals surface area contributed by atoms with Crippen LogP contribution in [0.2, 0.25) is 0 Å². The molecule has 3 heteroatoms. The van der Waals surface area contributed by atoms with Crippen molar-refractivity contribution in [3.63, 3.8) is 0 Å². The van der Waals surface area contributed by atoms with Gasteiger partial charge in [0.25, 0.3) is 0 Å². The number of rotatable bonds is 3. The van der Waals surface area contributed by atoms with Crippen LogP contribution in [-0.2, 0) is 0 Å². The smallest absolute Gasteiger partial charge is 0.204 e.